The second-order valence-electron chi connectivity index (χ2n) is 6.64. The first-order chi connectivity index (χ1) is 10.9. The first-order valence-electron chi connectivity index (χ1n) is 8.37. The summed E-state index contributed by atoms with van der Waals surface area (Å²) >= 11 is 0. The molecule has 2 aliphatic rings. The zero-order valence-corrected chi connectivity index (χ0v) is 16.9. The average molecular weight is 410 g/mol. The van der Waals surface area contributed by atoms with Crippen molar-refractivity contribution in [1.82, 2.24) is 0 Å². The summed E-state index contributed by atoms with van der Waals surface area (Å²) in [5.41, 5.74) is 2.18. The topological polar surface area (TPSA) is 29.5 Å². The van der Waals surface area contributed by atoms with Gasteiger partial charge in [-0.3, -0.25) is 0 Å². The smallest absolute Gasteiger partial charge is 0.400 e. The summed E-state index contributed by atoms with van der Waals surface area (Å²) in [6.07, 6.45) is 3.33. The Morgan fingerprint density at radius 2 is 2.08 bits per heavy atom. The minimum Gasteiger partial charge on any atom is -0.508 e. The molecule has 0 aromatic heterocycles. The van der Waals surface area contributed by atoms with Gasteiger partial charge in [-0.25, -0.2) is 18.6 Å². The summed E-state index contributed by atoms with van der Waals surface area (Å²) in [6.45, 7) is 6.01. The average Bonchev–Trinajstić information content (AvgIpc) is 2.46. The summed E-state index contributed by atoms with van der Waals surface area (Å²) in [6, 6.07) is 3.36. The zero-order chi connectivity index (χ0) is 16.6. The predicted molar refractivity (Wildman–Crippen MR) is 85.8 cm³/mol. The van der Waals surface area contributed by atoms with E-state index in [0.717, 1.165) is 36.8 Å². The van der Waals surface area contributed by atoms with Crippen molar-refractivity contribution in [1.29, 1.82) is 0 Å². The Morgan fingerprint density at radius 1 is 1.33 bits per heavy atom. The molecule has 2 unspecified atom stereocenters. The third kappa shape index (κ3) is 3.80. The molecule has 1 aromatic carbocycles. The zero-order valence-electron chi connectivity index (χ0n) is 14.0. The Bertz CT molecular complexity index is 628. The fourth-order valence-electron chi connectivity index (χ4n) is 3.67. The van der Waals surface area contributed by atoms with Crippen molar-refractivity contribution < 1.29 is 51.3 Å². The van der Waals surface area contributed by atoms with E-state index >= 15 is 0 Å². The third-order valence-electron chi connectivity index (χ3n) is 4.89. The first-order valence-corrected chi connectivity index (χ1v) is 8.37. The summed E-state index contributed by atoms with van der Waals surface area (Å²) < 4.78 is 33.7. The van der Waals surface area contributed by atoms with Crippen molar-refractivity contribution in [3.63, 3.8) is 0 Å². The number of ether oxygens (including phenoxy) is 1. The molecular formula is C19H23F2O2Y-. The van der Waals surface area contributed by atoms with Crippen molar-refractivity contribution >= 4 is 0 Å². The predicted octanol–water partition coefficient (Wildman–Crippen LogP) is 5.36. The van der Waals surface area contributed by atoms with Gasteiger partial charge in [-0.05, 0) is 42.9 Å². The van der Waals surface area contributed by atoms with Crippen molar-refractivity contribution in [2.45, 2.75) is 57.5 Å². The molecule has 0 bridgehead atoms. The number of rotatable bonds is 4. The number of aromatic hydroxyl groups is 1. The molecule has 129 valence electrons. The molecule has 1 N–H and O–H groups in total. The van der Waals surface area contributed by atoms with Crippen molar-refractivity contribution in [3.8, 4) is 11.5 Å². The van der Waals surface area contributed by atoms with Crippen LogP contribution in [-0.4, -0.2) is 11.2 Å². The van der Waals surface area contributed by atoms with Crippen LogP contribution in [0.2, 0.25) is 0 Å². The van der Waals surface area contributed by atoms with E-state index in [-0.39, 0.29) is 44.2 Å². The Hall–Kier alpha value is -0.606. The quantitative estimate of drug-likeness (QED) is 0.535. The second-order valence-corrected chi connectivity index (χ2v) is 6.64. The molecule has 1 aliphatic heterocycles. The number of allylic oxidation sites excluding steroid dienone is 2. The second kappa shape index (κ2) is 7.74. The molecular weight excluding hydrogens is 387 g/mol. The van der Waals surface area contributed by atoms with Crippen LogP contribution in [0.3, 0.4) is 0 Å². The molecule has 0 saturated heterocycles. The van der Waals surface area contributed by atoms with Gasteiger partial charge in [0.2, 0.25) is 0 Å². The standard InChI is InChI=1S/C19H23F2O2.Y/c1-3-4-5-6-13-10-16(22)18-14-9-12(2)7-8-15(14)19(20,21)23-17(18)11-13;/h9-11,14-15,22H,2-8H2,1H3;/q-1;. The molecule has 1 heterocycles. The van der Waals surface area contributed by atoms with Gasteiger partial charge < -0.3 is 9.84 Å². The number of benzene rings is 1. The van der Waals surface area contributed by atoms with E-state index in [1.54, 1.807) is 18.2 Å². The third-order valence-corrected chi connectivity index (χ3v) is 4.89. The molecule has 0 amide bonds. The monoisotopic (exact) mass is 410 g/mol. The van der Waals surface area contributed by atoms with Gasteiger partial charge in [-0.1, -0.05) is 26.2 Å². The number of hydrogen-bond acceptors (Lipinski definition) is 2. The maximum absolute atomic E-state index is 14.4. The van der Waals surface area contributed by atoms with Crippen LogP contribution in [0.5, 0.6) is 11.5 Å². The van der Waals surface area contributed by atoms with E-state index in [1.807, 2.05) is 0 Å². The van der Waals surface area contributed by atoms with Gasteiger partial charge in [0, 0.05) is 38.3 Å². The van der Waals surface area contributed by atoms with Crippen LogP contribution in [0.25, 0.3) is 0 Å². The van der Waals surface area contributed by atoms with Crippen LogP contribution in [0.4, 0.5) is 8.78 Å². The molecule has 0 spiro atoms. The van der Waals surface area contributed by atoms with Crippen LogP contribution < -0.4 is 4.74 Å². The van der Waals surface area contributed by atoms with E-state index < -0.39 is 17.9 Å². The fraction of sp³-hybridized carbons (Fsp3) is 0.526. The van der Waals surface area contributed by atoms with Crippen molar-refractivity contribution in [2.75, 3.05) is 0 Å². The van der Waals surface area contributed by atoms with Crippen LogP contribution in [0, 0.1) is 12.8 Å². The van der Waals surface area contributed by atoms with Crippen LogP contribution in [0.15, 0.2) is 23.8 Å². The van der Waals surface area contributed by atoms with Crippen LogP contribution in [-0.2, 0) is 39.1 Å². The first kappa shape index (κ1) is 19.7. The van der Waals surface area contributed by atoms with Gasteiger partial charge in [0.1, 0.15) is 11.5 Å². The van der Waals surface area contributed by atoms with E-state index in [0.29, 0.717) is 18.4 Å². The maximum Gasteiger partial charge on any atom is 0.400 e. The molecule has 1 aromatic rings. The summed E-state index contributed by atoms with van der Waals surface area (Å²) in [7, 11) is 0. The molecule has 1 aliphatic carbocycles. The molecule has 0 fully saturated rings. The van der Waals surface area contributed by atoms with E-state index in [1.165, 1.54) is 0 Å². The molecule has 24 heavy (non-hydrogen) atoms. The minimum absolute atomic E-state index is 0. The van der Waals surface area contributed by atoms with Crippen LogP contribution >= 0.6 is 0 Å². The van der Waals surface area contributed by atoms with Gasteiger partial charge in [0.25, 0.3) is 0 Å². The normalized spacial score (nSPS) is 24.0. The van der Waals surface area contributed by atoms with Gasteiger partial charge in [-0.2, -0.15) is 8.78 Å². The van der Waals surface area contributed by atoms with Crippen LogP contribution in [0.1, 0.15) is 56.1 Å². The SMILES string of the molecule is [CH2-]C1=CC2c3c(O)cc(CCCCC)cc3OC(F)(F)C2CC1.[Y]. The Labute approximate surface area is 167 Å². The Balaban J connectivity index is 0.00000208. The number of phenolic OH excluding ortho intramolecular Hbond substituents is 1. The van der Waals surface area contributed by atoms with Gasteiger partial charge >= 0.3 is 6.11 Å². The molecule has 1 radical (unpaired) electrons. The van der Waals surface area contributed by atoms with Crippen molar-refractivity contribution in [3.05, 3.63) is 41.8 Å². The number of halogens is 2. The van der Waals surface area contributed by atoms with E-state index in [9.17, 15) is 13.9 Å². The van der Waals surface area contributed by atoms with E-state index in [4.69, 9.17) is 4.74 Å². The van der Waals surface area contributed by atoms with Gasteiger partial charge in [0.05, 0.1) is 5.92 Å². The number of alkyl halides is 2. The Morgan fingerprint density at radius 3 is 2.79 bits per heavy atom. The summed E-state index contributed by atoms with van der Waals surface area (Å²) in [4.78, 5) is 0. The fourth-order valence-corrected chi connectivity index (χ4v) is 3.67. The van der Waals surface area contributed by atoms with Gasteiger partial charge in [0.15, 0.2) is 0 Å². The number of aryl methyl sites for hydroxylation is 1. The number of phenols is 1. The minimum atomic E-state index is -3.21. The summed E-state index contributed by atoms with van der Waals surface area (Å²) in [5.74, 6) is -1.28. The van der Waals surface area contributed by atoms with Gasteiger partial charge in [-0.15, -0.1) is 0 Å². The molecule has 3 rings (SSSR count). The number of hydrogen-bond donors (Lipinski definition) is 1. The maximum atomic E-state index is 14.4. The van der Waals surface area contributed by atoms with E-state index in [2.05, 4.69) is 13.8 Å². The molecule has 2 nitrogen and oxygen atoms in total. The number of fused-ring (bicyclic) bond motifs is 3. The molecule has 0 saturated carbocycles. The van der Waals surface area contributed by atoms with Crippen molar-refractivity contribution in [2.24, 2.45) is 5.92 Å². The number of unbranched alkanes of at least 4 members (excludes halogenated alkanes) is 2. The largest absolute Gasteiger partial charge is 0.508 e. The summed E-state index contributed by atoms with van der Waals surface area (Å²) in [5, 5.41) is 10.4. The Kier molecular flexibility index (Phi) is 6.36. The molecule has 2 atom stereocenters. The molecule has 5 heteroatoms.